The van der Waals surface area contributed by atoms with Gasteiger partial charge in [0.15, 0.2) is 4.34 Å². The van der Waals surface area contributed by atoms with Gasteiger partial charge >= 0.3 is 0 Å². The predicted octanol–water partition coefficient (Wildman–Crippen LogP) is 3.57. The highest BCUT2D eigenvalue weighted by atomic mass is 32.2. The normalized spacial score (nSPS) is 10.5. The lowest BCUT2D eigenvalue weighted by atomic mass is 10.2. The molecule has 0 unspecified atom stereocenters. The summed E-state index contributed by atoms with van der Waals surface area (Å²) >= 11 is 2.79. The van der Waals surface area contributed by atoms with E-state index >= 15 is 0 Å². The van der Waals surface area contributed by atoms with E-state index in [1.54, 1.807) is 29.2 Å². The van der Waals surface area contributed by atoms with Gasteiger partial charge < -0.3 is 15.5 Å². The third-order valence-electron chi connectivity index (χ3n) is 3.73. The van der Waals surface area contributed by atoms with Crippen LogP contribution in [0.1, 0.15) is 37.6 Å². The van der Waals surface area contributed by atoms with Gasteiger partial charge in [-0.05, 0) is 44.5 Å². The molecule has 7 nitrogen and oxygen atoms in total. The summed E-state index contributed by atoms with van der Waals surface area (Å²) in [7, 11) is 0. The molecule has 0 saturated heterocycles. The van der Waals surface area contributed by atoms with E-state index in [0.29, 0.717) is 24.3 Å². The fraction of sp³-hybridized carbons (Fsp3) is 0.444. The number of rotatable bonds is 10. The Labute approximate surface area is 167 Å². The van der Waals surface area contributed by atoms with Gasteiger partial charge in [-0.25, -0.2) is 0 Å². The summed E-state index contributed by atoms with van der Waals surface area (Å²) in [6.07, 6.45) is 1.02. The van der Waals surface area contributed by atoms with Crippen LogP contribution in [0, 0.1) is 0 Å². The lowest BCUT2D eigenvalue weighted by Gasteiger charge is -2.18. The van der Waals surface area contributed by atoms with E-state index in [-0.39, 0.29) is 17.6 Å². The quantitative estimate of drug-likeness (QED) is 0.586. The average molecular weight is 408 g/mol. The number of hydrogen-bond donors (Lipinski definition) is 2. The maximum absolute atomic E-state index is 12.3. The van der Waals surface area contributed by atoms with E-state index in [0.717, 1.165) is 22.4 Å². The van der Waals surface area contributed by atoms with Gasteiger partial charge in [0.05, 0.1) is 5.75 Å². The van der Waals surface area contributed by atoms with Crippen molar-refractivity contribution in [3.05, 3.63) is 29.8 Å². The maximum Gasteiger partial charge on any atom is 0.253 e. The van der Waals surface area contributed by atoms with E-state index in [2.05, 4.69) is 27.8 Å². The molecule has 2 aromatic rings. The SMILES string of the molecule is CCCNc1nnc(SCC(=O)Nc2ccc(C(=O)N(CC)CC)cc2)s1. The maximum atomic E-state index is 12.3. The molecule has 2 N–H and O–H groups in total. The van der Waals surface area contributed by atoms with E-state index < -0.39 is 0 Å². The molecule has 0 bridgehead atoms. The van der Waals surface area contributed by atoms with Crippen LogP contribution in [0.5, 0.6) is 0 Å². The molecule has 0 aliphatic carbocycles. The smallest absolute Gasteiger partial charge is 0.253 e. The first-order valence-corrected chi connectivity index (χ1v) is 10.8. The van der Waals surface area contributed by atoms with Gasteiger partial charge in [-0.1, -0.05) is 30.0 Å². The van der Waals surface area contributed by atoms with E-state index in [1.807, 2.05) is 13.8 Å². The Kier molecular flexibility index (Phi) is 8.53. The van der Waals surface area contributed by atoms with Gasteiger partial charge in [0.2, 0.25) is 11.0 Å². The monoisotopic (exact) mass is 407 g/mol. The molecule has 1 aromatic carbocycles. The molecular formula is C18H25N5O2S2. The number of amides is 2. The summed E-state index contributed by atoms with van der Waals surface area (Å²) < 4.78 is 0.754. The van der Waals surface area contributed by atoms with Crippen LogP contribution in [0.4, 0.5) is 10.8 Å². The fourth-order valence-corrected chi connectivity index (χ4v) is 3.86. The zero-order valence-corrected chi connectivity index (χ0v) is 17.5. The molecule has 2 amide bonds. The first-order valence-electron chi connectivity index (χ1n) is 8.96. The van der Waals surface area contributed by atoms with Crippen LogP contribution in [0.2, 0.25) is 0 Å². The van der Waals surface area contributed by atoms with Crippen molar-refractivity contribution in [3.63, 3.8) is 0 Å². The lowest BCUT2D eigenvalue weighted by Crippen LogP contribution is -2.30. The Morgan fingerprint density at radius 1 is 1.11 bits per heavy atom. The van der Waals surface area contributed by atoms with Crippen LogP contribution in [0.15, 0.2) is 28.6 Å². The number of hydrogen-bond acceptors (Lipinski definition) is 7. The summed E-state index contributed by atoms with van der Waals surface area (Å²) in [5.74, 6) is 0.126. The second kappa shape index (κ2) is 10.9. The van der Waals surface area contributed by atoms with Gasteiger partial charge in [-0.3, -0.25) is 9.59 Å². The minimum Gasteiger partial charge on any atom is -0.360 e. The molecule has 9 heteroatoms. The van der Waals surface area contributed by atoms with Gasteiger partial charge in [0.1, 0.15) is 0 Å². The molecule has 0 spiro atoms. The summed E-state index contributed by atoms with van der Waals surface area (Å²) in [6.45, 7) is 8.19. The first-order chi connectivity index (χ1) is 13.1. The number of carbonyl (C=O) groups is 2. The predicted molar refractivity (Wildman–Crippen MR) is 112 cm³/mol. The highest BCUT2D eigenvalue weighted by Crippen LogP contribution is 2.25. The Hall–Kier alpha value is -2.13. The van der Waals surface area contributed by atoms with Crippen molar-refractivity contribution in [2.24, 2.45) is 0 Å². The van der Waals surface area contributed by atoms with Crippen LogP contribution in [0.25, 0.3) is 0 Å². The van der Waals surface area contributed by atoms with Crippen molar-refractivity contribution in [2.75, 3.05) is 36.0 Å². The number of carbonyl (C=O) groups excluding carboxylic acids is 2. The number of thioether (sulfide) groups is 1. The van der Waals surface area contributed by atoms with Crippen LogP contribution in [0.3, 0.4) is 0 Å². The molecule has 146 valence electrons. The first kappa shape index (κ1) is 21.2. The van der Waals surface area contributed by atoms with Crippen LogP contribution >= 0.6 is 23.1 Å². The summed E-state index contributed by atoms with van der Waals surface area (Å²) in [4.78, 5) is 26.2. The van der Waals surface area contributed by atoms with Crippen molar-refractivity contribution in [1.29, 1.82) is 0 Å². The van der Waals surface area contributed by atoms with Gasteiger partial charge in [0.25, 0.3) is 5.91 Å². The molecule has 2 rings (SSSR count). The molecule has 0 aliphatic rings. The molecule has 0 fully saturated rings. The molecule has 0 aliphatic heterocycles. The van der Waals surface area contributed by atoms with Crippen molar-refractivity contribution in [2.45, 2.75) is 31.5 Å². The van der Waals surface area contributed by atoms with Crippen molar-refractivity contribution in [1.82, 2.24) is 15.1 Å². The Morgan fingerprint density at radius 2 is 1.81 bits per heavy atom. The number of benzene rings is 1. The number of nitrogens with zero attached hydrogens (tertiary/aromatic N) is 3. The van der Waals surface area contributed by atoms with E-state index in [4.69, 9.17) is 0 Å². The third-order valence-corrected chi connectivity index (χ3v) is 5.74. The highest BCUT2D eigenvalue weighted by molar-refractivity contribution is 8.01. The summed E-state index contributed by atoms with van der Waals surface area (Å²) in [5.41, 5.74) is 1.28. The Balaban J connectivity index is 1.83. The highest BCUT2D eigenvalue weighted by Gasteiger charge is 2.13. The molecule has 1 aromatic heterocycles. The minimum absolute atomic E-state index is 0.00260. The van der Waals surface area contributed by atoms with Gasteiger partial charge in [-0.15, -0.1) is 10.2 Å². The number of nitrogens with one attached hydrogen (secondary N) is 2. The lowest BCUT2D eigenvalue weighted by molar-refractivity contribution is -0.113. The minimum atomic E-state index is -0.124. The van der Waals surface area contributed by atoms with Crippen LogP contribution in [-0.2, 0) is 4.79 Å². The Bertz CT molecular complexity index is 744. The van der Waals surface area contributed by atoms with Crippen molar-refractivity contribution < 1.29 is 9.59 Å². The number of aromatic nitrogens is 2. The molecular weight excluding hydrogens is 382 g/mol. The summed E-state index contributed by atoms with van der Waals surface area (Å²) in [6, 6.07) is 6.97. The van der Waals surface area contributed by atoms with Crippen LogP contribution < -0.4 is 10.6 Å². The second-order valence-electron chi connectivity index (χ2n) is 5.69. The van der Waals surface area contributed by atoms with Gasteiger partial charge in [-0.2, -0.15) is 0 Å². The largest absolute Gasteiger partial charge is 0.360 e. The summed E-state index contributed by atoms with van der Waals surface area (Å²) in [5, 5.41) is 14.9. The van der Waals surface area contributed by atoms with Crippen LogP contribution in [-0.4, -0.2) is 52.3 Å². The van der Waals surface area contributed by atoms with Gasteiger partial charge in [0, 0.05) is 30.9 Å². The molecule has 0 radical (unpaired) electrons. The topological polar surface area (TPSA) is 87.2 Å². The molecule has 0 saturated carbocycles. The van der Waals surface area contributed by atoms with Crippen molar-refractivity contribution >= 4 is 45.7 Å². The third kappa shape index (κ3) is 6.51. The van der Waals surface area contributed by atoms with Crippen molar-refractivity contribution in [3.8, 4) is 0 Å². The zero-order valence-electron chi connectivity index (χ0n) is 15.8. The second-order valence-corrected chi connectivity index (χ2v) is 7.89. The Morgan fingerprint density at radius 3 is 2.44 bits per heavy atom. The fourth-order valence-electron chi connectivity index (χ4n) is 2.29. The molecule has 0 atom stereocenters. The standard InChI is InChI=1S/C18H25N5O2S2/c1-4-11-19-17-21-22-18(27-17)26-12-15(24)20-14-9-7-13(8-10-14)16(25)23(5-2)6-3/h7-10H,4-6,11-12H2,1-3H3,(H,19,21)(H,20,24). The van der Waals surface area contributed by atoms with E-state index in [1.165, 1.54) is 23.1 Å². The van der Waals surface area contributed by atoms with E-state index in [9.17, 15) is 9.59 Å². The molecule has 1 heterocycles. The average Bonchev–Trinajstić information content (AvgIpc) is 3.14. The number of anilines is 2. The molecule has 27 heavy (non-hydrogen) atoms. The zero-order chi connectivity index (χ0) is 19.6.